The molecule has 1 fully saturated rings. The van der Waals surface area contributed by atoms with E-state index in [0.29, 0.717) is 37.1 Å². The van der Waals surface area contributed by atoms with Crippen LogP contribution in [-0.2, 0) is 0 Å². The topological polar surface area (TPSA) is 84.6 Å². The van der Waals surface area contributed by atoms with Crippen LogP contribution in [-0.4, -0.2) is 46.3 Å². The highest BCUT2D eigenvalue weighted by Gasteiger charge is 2.33. The van der Waals surface area contributed by atoms with Crippen LogP contribution in [0.1, 0.15) is 39.9 Å². The number of nitrogens with zero attached hydrogens (tertiary/aromatic N) is 2. The van der Waals surface area contributed by atoms with Crippen molar-refractivity contribution in [1.29, 1.82) is 5.26 Å². The van der Waals surface area contributed by atoms with E-state index in [1.54, 1.807) is 17.0 Å². The average molecular weight is 288 g/mol. The molecule has 0 radical (unpaired) electrons. The number of aliphatic hydroxyl groups is 2. The summed E-state index contributed by atoms with van der Waals surface area (Å²) in [5.41, 5.74) is 1.71. The Hall–Kier alpha value is -1.90. The van der Waals surface area contributed by atoms with Crippen molar-refractivity contribution in [2.45, 2.75) is 32.3 Å². The molecule has 0 aromatic heterocycles. The molecule has 112 valence electrons. The Balaban J connectivity index is 2.17. The van der Waals surface area contributed by atoms with E-state index >= 15 is 0 Å². The van der Waals surface area contributed by atoms with E-state index in [-0.39, 0.29) is 12.5 Å². The first-order valence-electron chi connectivity index (χ1n) is 7.04. The summed E-state index contributed by atoms with van der Waals surface area (Å²) in [6, 6.07) is 5.62. The number of hydrogen-bond donors (Lipinski definition) is 2. The number of likely N-dealkylation sites (tertiary alicyclic amines) is 1. The third-order valence-electron chi connectivity index (χ3n) is 4.17. The predicted molar refractivity (Wildman–Crippen MR) is 77.8 cm³/mol. The molecule has 2 N–H and O–H groups in total. The number of carbonyl (C=O) groups excluding carboxylic acids is 1. The number of piperidine rings is 1. The van der Waals surface area contributed by atoms with Gasteiger partial charge < -0.3 is 15.1 Å². The maximum atomic E-state index is 12.5. The molecule has 1 saturated heterocycles. The molecule has 0 saturated carbocycles. The number of carbonyl (C=O) groups is 1. The molecule has 0 aliphatic carbocycles. The number of nitriles is 1. The number of aliphatic hydroxyl groups excluding tert-OH is 1. The summed E-state index contributed by atoms with van der Waals surface area (Å²) in [5, 5.41) is 28.2. The van der Waals surface area contributed by atoms with Crippen molar-refractivity contribution in [3.05, 3.63) is 34.4 Å². The standard InChI is InChI=1S/C16H20N2O3/c1-11-7-13(8-12(2)14(11)9-17)15(20)18-5-3-16(21,10-19)4-6-18/h7-8,19,21H,3-6,10H2,1-2H3. The molecule has 21 heavy (non-hydrogen) atoms. The fraction of sp³-hybridized carbons (Fsp3) is 0.500. The monoisotopic (exact) mass is 288 g/mol. The minimum atomic E-state index is -1.06. The van der Waals surface area contributed by atoms with Crippen LogP contribution in [0.25, 0.3) is 0 Å². The van der Waals surface area contributed by atoms with Crippen LogP contribution in [0.4, 0.5) is 0 Å². The van der Waals surface area contributed by atoms with E-state index < -0.39 is 5.60 Å². The minimum Gasteiger partial charge on any atom is -0.393 e. The van der Waals surface area contributed by atoms with Crippen LogP contribution < -0.4 is 0 Å². The quantitative estimate of drug-likeness (QED) is 0.854. The number of rotatable bonds is 2. The highest BCUT2D eigenvalue weighted by molar-refractivity contribution is 5.95. The third kappa shape index (κ3) is 3.07. The first-order chi connectivity index (χ1) is 9.90. The van der Waals surface area contributed by atoms with Gasteiger partial charge in [0.15, 0.2) is 0 Å². The van der Waals surface area contributed by atoms with Gasteiger partial charge in [-0.25, -0.2) is 0 Å². The Labute approximate surface area is 124 Å². The molecule has 0 atom stereocenters. The van der Waals surface area contributed by atoms with Gasteiger partial charge in [-0.2, -0.15) is 5.26 Å². The molecule has 0 unspecified atom stereocenters. The van der Waals surface area contributed by atoms with Gasteiger partial charge in [0.05, 0.1) is 23.8 Å². The molecule has 1 aromatic carbocycles. The third-order valence-corrected chi connectivity index (χ3v) is 4.17. The Morgan fingerprint density at radius 2 is 1.86 bits per heavy atom. The second-order valence-corrected chi connectivity index (χ2v) is 5.77. The normalized spacial score (nSPS) is 17.4. The Bertz CT molecular complexity index is 573. The van der Waals surface area contributed by atoms with Crippen molar-refractivity contribution in [1.82, 2.24) is 4.90 Å². The van der Waals surface area contributed by atoms with Crippen molar-refractivity contribution in [3.63, 3.8) is 0 Å². The SMILES string of the molecule is Cc1cc(C(=O)N2CCC(O)(CO)CC2)cc(C)c1C#N. The minimum absolute atomic E-state index is 0.0920. The molecule has 5 nitrogen and oxygen atoms in total. The zero-order valence-corrected chi connectivity index (χ0v) is 12.4. The molecule has 0 spiro atoms. The van der Waals surface area contributed by atoms with Crippen LogP contribution in [0.3, 0.4) is 0 Å². The number of aryl methyl sites for hydroxylation is 2. The lowest BCUT2D eigenvalue weighted by Gasteiger charge is -2.37. The van der Waals surface area contributed by atoms with Gasteiger partial charge in [-0.15, -0.1) is 0 Å². The lowest BCUT2D eigenvalue weighted by Crippen LogP contribution is -2.48. The van der Waals surface area contributed by atoms with Crippen LogP contribution >= 0.6 is 0 Å². The van der Waals surface area contributed by atoms with Gasteiger partial charge >= 0.3 is 0 Å². The first kappa shape index (κ1) is 15.5. The Morgan fingerprint density at radius 1 is 1.33 bits per heavy atom. The van der Waals surface area contributed by atoms with Crippen LogP contribution in [0.2, 0.25) is 0 Å². The van der Waals surface area contributed by atoms with E-state index in [2.05, 4.69) is 6.07 Å². The van der Waals surface area contributed by atoms with Gasteiger partial charge in [-0.3, -0.25) is 4.79 Å². The van der Waals surface area contributed by atoms with Crippen molar-refractivity contribution < 1.29 is 15.0 Å². The summed E-state index contributed by atoms with van der Waals surface area (Å²) >= 11 is 0. The molecule has 0 bridgehead atoms. The van der Waals surface area contributed by atoms with Gasteiger partial charge in [0.2, 0.25) is 0 Å². The van der Waals surface area contributed by atoms with Crippen LogP contribution in [0.15, 0.2) is 12.1 Å². The predicted octanol–water partition coefficient (Wildman–Crippen LogP) is 1.13. The van der Waals surface area contributed by atoms with E-state index in [4.69, 9.17) is 10.4 Å². The van der Waals surface area contributed by atoms with Crippen molar-refractivity contribution >= 4 is 5.91 Å². The summed E-state index contributed by atoms with van der Waals surface area (Å²) < 4.78 is 0. The smallest absolute Gasteiger partial charge is 0.253 e. The van der Waals surface area contributed by atoms with E-state index in [9.17, 15) is 9.90 Å². The largest absolute Gasteiger partial charge is 0.393 e. The molecular formula is C16H20N2O3. The summed E-state index contributed by atoms with van der Waals surface area (Å²) in [4.78, 5) is 14.2. The summed E-state index contributed by atoms with van der Waals surface area (Å²) in [6.45, 7) is 4.22. The molecule has 5 heteroatoms. The lowest BCUT2D eigenvalue weighted by molar-refractivity contribution is -0.0546. The van der Waals surface area contributed by atoms with Gasteiger partial charge in [0.25, 0.3) is 5.91 Å². The molecule has 1 aliphatic heterocycles. The van der Waals surface area contributed by atoms with E-state index in [0.717, 1.165) is 11.1 Å². The van der Waals surface area contributed by atoms with Gasteiger partial charge in [0.1, 0.15) is 0 Å². The summed E-state index contributed by atoms with van der Waals surface area (Å²) in [7, 11) is 0. The maximum Gasteiger partial charge on any atom is 0.253 e. The molecule has 1 aromatic rings. The zero-order chi connectivity index (χ0) is 15.6. The van der Waals surface area contributed by atoms with Crippen molar-refractivity contribution in [3.8, 4) is 6.07 Å². The molecule has 2 rings (SSSR count). The second-order valence-electron chi connectivity index (χ2n) is 5.77. The number of benzene rings is 1. The second kappa shape index (κ2) is 5.84. The van der Waals surface area contributed by atoms with E-state index in [1.807, 2.05) is 13.8 Å². The van der Waals surface area contributed by atoms with Crippen molar-refractivity contribution in [2.24, 2.45) is 0 Å². The van der Waals surface area contributed by atoms with Crippen LogP contribution in [0, 0.1) is 25.2 Å². The zero-order valence-electron chi connectivity index (χ0n) is 12.4. The van der Waals surface area contributed by atoms with E-state index in [1.165, 1.54) is 0 Å². The van der Waals surface area contributed by atoms with Gasteiger partial charge in [-0.1, -0.05) is 0 Å². The molecule has 1 aliphatic rings. The summed E-state index contributed by atoms with van der Waals surface area (Å²) in [5.74, 6) is -0.0920. The van der Waals surface area contributed by atoms with Crippen molar-refractivity contribution in [2.75, 3.05) is 19.7 Å². The molecular weight excluding hydrogens is 268 g/mol. The molecule has 1 amide bonds. The molecule has 1 heterocycles. The Morgan fingerprint density at radius 3 is 2.29 bits per heavy atom. The highest BCUT2D eigenvalue weighted by Crippen LogP contribution is 2.24. The average Bonchev–Trinajstić information content (AvgIpc) is 2.47. The van der Waals surface area contributed by atoms with Gasteiger partial charge in [0, 0.05) is 18.7 Å². The lowest BCUT2D eigenvalue weighted by atomic mass is 9.91. The number of amides is 1. The Kier molecular flexibility index (Phi) is 4.31. The summed E-state index contributed by atoms with van der Waals surface area (Å²) in [6.07, 6.45) is 0.757. The first-order valence-corrected chi connectivity index (χ1v) is 7.04. The maximum absolute atomic E-state index is 12.5. The highest BCUT2D eigenvalue weighted by atomic mass is 16.3. The fourth-order valence-electron chi connectivity index (χ4n) is 2.73. The van der Waals surface area contributed by atoms with Crippen LogP contribution in [0.5, 0.6) is 0 Å². The van der Waals surface area contributed by atoms with Gasteiger partial charge in [-0.05, 0) is 49.9 Å². The fourth-order valence-corrected chi connectivity index (χ4v) is 2.73. The number of hydrogen-bond acceptors (Lipinski definition) is 4.